The second-order valence-electron chi connectivity index (χ2n) is 5.18. The largest absolute Gasteiger partial charge is 0.494 e. The summed E-state index contributed by atoms with van der Waals surface area (Å²) in [6.45, 7) is 1.06. The van der Waals surface area contributed by atoms with Gasteiger partial charge in [0.05, 0.1) is 18.1 Å². The second-order valence-corrected chi connectivity index (χ2v) is 8.21. The molecule has 1 amide bonds. The van der Waals surface area contributed by atoms with Crippen LogP contribution >= 0.6 is 27.5 Å². The van der Waals surface area contributed by atoms with Crippen molar-refractivity contribution in [1.29, 1.82) is 0 Å². The number of likely N-dealkylation sites (tertiary alicyclic amines) is 1. The van der Waals surface area contributed by atoms with E-state index in [4.69, 9.17) is 16.3 Å². The number of nitrogens with one attached hydrogen (secondary N) is 1. The van der Waals surface area contributed by atoms with Crippen molar-refractivity contribution < 1.29 is 17.9 Å². The molecule has 6 nitrogen and oxygen atoms in total. The molecule has 0 atom stereocenters. The fourth-order valence-corrected chi connectivity index (χ4v) is 4.78. The number of benzene rings is 1. The van der Waals surface area contributed by atoms with E-state index in [-0.39, 0.29) is 28.1 Å². The average Bonchev–Trinajstić information content (AvgIpc) is 2.53. The van der Waals surface area contributed by atoms with E-state index in [0.29, 0.717) is 17.6 Å². The van der Waals surface area contributed by atoms with Gasteiger partial charge in [-0.3, -0.25) is 4.79 Å². The molecule has 0 aromatic heterocycles. The highest BCUT2D eigenvalue weighted by molar-refractivity contribution is 9.10. The zero-order chi connectivity index (χ0) is 17.0. The fourth-order valence-electron chi connectivity index (χ4n) is 2.42. The molecule has 1 heterocycles. The van der Waals surface area contributed by atoms with Gasteiger partial charge in [-0.05, 0) is 47.3 Å². The Kier molecular flexibility index (Phi) is 6.30. The lowest BCUT2D eigenvalue weighted by Crippen LogP contribution is -2.42. The molecule has 1 saturated heterocycles. The number of hydrogen-bond donors (Lipinski definition) is 1. The van der Waals surface area contributed by atoms with Crippen LogP contribution in [-0.4, -0.2) is 46.0 Å². The number of sulfonamides is 1. The van der Waals surface area contributed by atoms with E-state index in [1.165, 1.54) is 19.2 Å². The number of nitrogens with zero attached hydrogens (tertiary/aromatic N) is 1. The third-order valence-electron chi connectivity index (χ3n) is 3.59. The SMILES string of the molecule is COc1c(Br)cc(Cl)cc1S(=O)(=O)NCC(=O)N1CCCCC1. The number of piperidine rings is 1. The van der Waals surface area contributed by atoms with Crippen LogP contribution in [0.15, 0.2) is 21.5 Å². The Hall–Kier alpha value is -0.830. The summed E-state index contributed by atoms with van der Waals surface area (Å²) in [6.07, 6.45) is 3.00. The molecule has 9 heteroatoms. The Morgan fingerprint density at radius 3 is 2.61 bits per heavy atom. The molecule has 1 aliphatic heterocycles. The Labute approximate surface area is 149 Å². The van der Waals surface area contributed by atoms with Gasteiger partial charge in [0.15, 0.2) is 5.75 Å². The summed E-state index contributed by atoms with van der Waals surface area (Å²) < 4.78 is 32.8. The average molecular weight is 426 g/mol. The van der Waals surface area contributed by atoms with E-state index in [0.717, 1.165) is 19.3 Å². The quantitative estimate of drug-likeness (QED) is 0.786. The number of ether oxygens (including phenoxy) is 1. The number of halogens is 2. The van der Waals surface area contributed by atoms with Crippen molar-refractivity contribution in [3.05, 3.63) is 21.6 Å². The van der Waals surface area contributed by atoms with Crippen molar-refractivity contribution >= 4 is 43.5 Å². The maximum absolute atomic E-state index is 12.5. The molecule has 0 bridgehead atoms. The minimum Gasteiger partial charge on any atom is -0.494 e. The van der Waals surface area contributed by atoms with Gasteiger partial charge in [0.2, 0.25) is 15.9 Å². The Morgan fingerprint density at radius 1 is 1.35 bits per heavy atom. The molecule has 1 aromatic carbocycles. The molecule has 0 unspecified atom stereocenters. The lowest BCUT2D eigenvalue weighted by Gasteiger charge is -2.26. The maximum Gasteiger partial charge on any atom is 0.244 e. The summed E-state index contributed by atoms with van der Waals surface area (Å²) >= 11 is 9.13. The molecule has 1 aromatic rings. The van der Waals surface area contributed by atoms with Crippen LogP contribution < -0.4 is 9.46 Å². The highest BCUT2D eigenvalue weighted by Crippen LogP contribution is 2.35. The number of carbonyl (C=O) groups is 1. The number of methoxy groups -OCH3 is 1. The van der Waals surface area contributed by atoms with Crippen molar-refractivity contribution in [1.82, 2.24) is 9.62 Å². The number of amides is 1. The predicted octanol–water partition coefficient (Wildman–Crippen LogP) is 2.40. The first kappa shape index (κ1) is 18.5. The lowest BCUT2D eigenvalue weighted by molar-refractivity contribution is -0.130. The molecule has 1 aliphatic rings. The van der Waals surface area contributed by atoms with Gasteiger partial charge in [-0.2, -0.15) is 0 Å². The molecule has 0 aliphatic carbocycles. The molecular weight excluding hydrogens is 408 g/mol. The molecule has 1 fully saturated rings. The van der Waals surface area contributed by atoms with Crippen LogP contribution in [0.3, 0.4) is 0 Å². The third kappa shape index (κ3) is 4.59. The summed E-state index contributed by atoms with van der Waals surface area (Å²) in [5, 5.41) is 0.250. The molecule has 0 radical (unpaired) electrons. The third-order valence-corrected chi connectivity index (χ3v) is 5.80. The van der Waals surface area contributed by atoms with Gasteiger partial charge in [0.1, 0.15) is 4.90 Å². The van der Waals surface area contributed by atoms with Crippen LogP contribution in [0.1, 0.15) is 19.3 Å². The van der Waals surface area contributed by atoms with Gasteiger partial charge in [-0.25, -0.2) is 13.1 Å². The molecular formula is C14H18BrClN2O4S. The number of carbonyl (C=O) groups excluding carboxylic acids is 1. The smallest absolute Gasteiger partial charge is 0.244 e. The van der Waals surface area contributed by atoms with Crippen LogP contribution in [0.2, 0.25) is 5.02 Å². The predicted molar refractivity (Wildman–Crippen MR) is 91.3 cm³/mol. The van der Waals surface area contributed by atoms with Crippen molar-refractivity contribution in [2.75, 3.05) is 26.7 Å². The Morgan fingerprint density at radius 2 is 2.00 bits per heavy atom. The molecule has 0 saturated carbocycles. The van der Waals surface area contributed by atoms with Gasteiger partial charge in [-0.15, -0.1) is 0 Å². The van der Waals surface area contributed by atoms with Gasteiger partial charge in [0.25, 0.3) is 0 Å². The van der Waals surface area contributed by atoms with Crippen LogP contribution in [0, 0.1) is 0 Å². The summed E-state index contributed by atoms with van der Waals surface area (Å²) in [5.41, 5.74) is 0. The van der Waals surface area contributed by atoms with Crippen LogP contribution in [0.5, 0.6) is 5.75 Å². The maximum atomic E-state index is 12.5. The zero-order valence-electron chi connectivity index (χ0n) is 12.6. The number of rotatable bonds is 5. The lowest BCUT2D eigenvalue weighted by atomic mass is 10.1. The summed E-state index contributed by atoms with van der Waals surface area (Å²) in [4.78, 5) is 13.7. The standard InChI is InChI=1S/C14H18BrClN2O4S/c1-22-14-11(15)7-10(16)8-12(14)23(20,21)17-9-13(19)18-5-3-2-4-6-18/h7-8,17H,2-6,9H2,1H3. The summed E-state index contributed by atoms with van der Waals surface area (Å²) in [7, 11) is -2.55. The molecule has 23 heavy (non-hydrogen) atoms. The molecule has 2 rings (SSSR count). The topological polar surface area (TPSA) is 75.7 Å². The first-order valence-electron chi connectivity index (χ1n) is 7.15. The van der Waals surface area contributed by atoms with Crippen molar-refractivity contribution in [3.8, 4) is 5.75 Å². The monoisotopic (exact) mass is 424 g/mol. The van der Waals surface area contributed by atoms with E-state index in [9.17, 15) is 13.2 Å². The van der Waals surface area contributed by atoms with Gasteiger partial charge in [-0.1, -0.05) is 11.6 Å². The van der Waals surface area contributed by atoms with Gasteiger partial charge < -0.3 is 9.64 Å². The highest BCUT2D eigenvalue weighted by Gasteiger charge is 2.24. The Balaban J connectivity index is 2.14. The van der Waals surface area contributed by atoms with E-state index in [1.807, 2.05) is 0 Å². The minimum atomic E-state index is -3.92. The van der Waals surface area contributed by atoms with E-state index >= 15 is 0 Å². The normalized spacial score (nSPS) is 15.5. The summed E-state index contributed by atoms with van der Waals surface area (Å²) in [5.74, 6) is -0.0827. The van der Waals surface area contributed by atoms with Crippen molar-refractivity contribution in [3.63, 3.8) is 0 Å². The Bertz CT molecular complexity index is 690. The molecule has 128 valence electrons. The van der Waals surface area contributed by atoms with Crippen molar-refractivity contribution in [2.24, 2.45) is 0 Å². The zero-order valence-corrected chi connectivity index (χ0v) is 15.8. The van der Waals surface area contributed by atoms with Crippen LogP contribution in [0.25, 0.3) is 0 Å². The second kappa shape index (κ2) is 7.83. The van der Waals surface area contributed by atoms with E-state index in [1.54, 1.807) is 4.90 Å². The van der Waals surface area contributed by atoms with E-state index < -0.39 is 10.0 Å². The first-order chi connectivity index (χ1) is 10.8. The summed E-state index contributed by atoms with van der Waals surface area (Å²) in [6, 6.07) is 2.83. The molecule has 0 spiro atoms. The first-order valence-corrected chi connectivity index (χ1v) is 9.81. The van der Waals surface area contributed by atoms with Crippen molar-refractivity contribution in [2.45, 2.75) is 24.2 Å². The van der Waals surface area contributed by atoms with Crippen LogP contribution in [0.4, 0.5) is 0 Å². The highest BCUT2D eigenvalue weighted by atomic mass is 79.9. The van der Waals surface area contributed by atoms with E-state index in [2.05, 4.69) is 20.7 Å². The fraction of sp³-hybridized carbons (Fsp3) is 0.500. The molecule has 1 N–H and O–H groups in total. The van der Waals surface area contributed by atoms with Gasteiger partial charge >= 0.3 is 0 Å². The number of hydrogen-bond acceptors (Lipinski definition) is 4. The van der Waals surface area contributed by atoms with Gasteiger partial charge in [0, 0.05) is 18.1 Å². The minimum absolute atomic E-state index is 0.106. The van der Waals surface area contributed by atoms with Crippen LogP contribution in [-0.2, 0) is 14.8 Å².